The number of para-hydroxylation sites is 1. The lowest BCUT2D eigenvalue weighted by Crippen LogP contribution is -1.99. The van der Waals surface area contributed by atoms with Crippen LogP contribution in [0.4, 0.5) is 0 Å². The maximum atomic E-state index is 10.8. The van der Waals surface area contributed by atoms with Crippen molar-refractivity contribution in [3.05, 3.63) is 71.3 Å². The van der Waals surface area contributed by atoms with Gasteiger partial charge in [0.05, 0.1) is 5.56 Å². The molecule has 2 rings (SSSR count). The van der Waals surface area contributed by atoms with Gasteiger partial charge in [-0.3, -0.25) is 0 Å². The van der Waals surface area contributed by atoms with Gasteiger partial charge < -0.3 is 9.84 Å². The van der Waals surface area contributed by atoms with E-state index in [0.29, 0.717) is 6.61 Å². The number of allylic oxidation sites excluding steroid dienone is 1. The van der Waals surface area contributed by atoms with Gasteiger partial charge in [0.1, 0.15) is 12.4 Å². The molecule has 0 saturated carbocycles. The van der Waals surface area contributed by atoms with Gasteiger partial charge in [-0.1, -0.05) is 42.5 Å². The normalized spacial score (nSPS) is 10.7. The fourth-order valence-corrected chi connectivity index (χ4v) is 1.83. The van der Waals surface area contributed by atoms with E-state index in [-0.39, 0.29) is 5.56 Å². The Bertz CT molecular complexity index is 612. The quantitative estimate of drug-likeness (QED) is 0.891. The zero-order valence-corrected chi connectivity index (χ0v) is 11.2. The predicted octanol–water partition coefficient (Wildman–Crippen LogP) is 4.00. The zero-order valence-electron chi connectivity index (χ0n) is 11.2. The van der Waals surface area contributed by atoms with Crippen molar-refractivity contribution in [3.8, 4) is 5.75 Å². The summed E-state index contributed by atoms with van der Waals surface area (Å²) < 4.78 is 5.78. The Kier molecular flexibility index (Phi) is 4.56. The smallest absolute Gasteiger partial charge is 0.335 e. The molecule has 0 atom stereocenters. The molecule has 0 radical (unpaired) electrons. The standard InChI is InChI=1S/C17H16O3/c1-2-5-14-6-3-4-7-16(14)20-12-13-8-10-15(11-9-13)17(18)19/h2-11H,12H2,1H3,(H,18,19)/b5-2+. The van der Waals surface area contributed by atoms with Crippen LogP contribution >= 0.6 is 0 Å². The molecule has 0 aliphatic heterocycles. The van der Waals surface area contributed by atoms with Gasteiger partial charge in [-0.05, 0) is 30.7 Å². The van der Waals surface area contributed by atoms with E-state index in [9.17, 15) is 4.79 Å². The maximum absolute atomic E-state index is 10.8. The Balaban J connectivity index is 2.07. The van der Waals surface area contributed by atoms with Crippen molar-refractivity contribution in [1.29, 1.82) is 0 Å². The molecule has 0 unspecified atom stereocenters. The number of rotatable bonds is 5. The SMILES string of the molecule is C/C=C/c1ccccc1OCc1ccc(C(=O)O)cc1. The lowest BCUT2D eigenvalue weighted by molar-refractivity contribution is 0.0697. The molecule has 0 fully saturated rings. The van der Waals surface area contributed by atoms with Gasteiger partial charge in [0.15, 0.2) is 0 Å². The van der Waals surface area contributed by atoms with Crippen molar-refractivity contribution in [1.82, 2.24) is 0 Å². The highest BCUT2D eigenvalue weighted by molar-refractivity contribution is 5.87. The summed E-state index contributed by atoms with van der Waals surface area (Å²) in [5.41, 5.74) is 2.24. The summed E-state index contributed by atoms with van der Waals surface area (Å²) in [6, 6.07) is 14.5. The van der Waals surface area contributed by atoms with Crippen LogP contribution in [0.25, 0.3) is 6.08 Å². The van der Waals surface area contributed by atoms with Gasteiger partial charge in [-0.2, -0.15) is 0 Å². The lowest BCUT2D eigenvalue weighted by Gasteiger charge is -2.09. The highest BCUT2D eigenvalue weighted by Gasteiger charge is 2.03. The summed E-state index contributed by atoms with van der Waals surface area (Å²) in [5, 5.41) is 8.84. The lowest BCUT2D eigenvalue weighted by atomic mass is 10.1. The highest BCUT2D eigenvalue weighted by atomic mass is 16.5. The molecule has 0 spiro atoms. The molecule has 3 heteroatoms. The maximum Gasteiger partial charge on any atom is 0.335 e. The molecule has 0 saturated heterocycles. The molecule has 1 N–H and O–H groups in total. The van der Waals surface area contributed by atoms with Gasteiger partial charge in [0.25, 0.3) is 0 Å². The van der Waals surface area contributed by atoms with Crippen molar-refractivity contribution in [2.75, 3.05) is 0 Å². The number of carboxylic acid groups (broad SMARTS) is 1. The van der Waals surface area contributed by atoms with Gasteiger partial charge in [-0.15, -0.1) is 0 Å². The van der Waals surface area contributed by atoms with Gasteiger partial charge in [0.2, 0.25) is 0 Å². The first-order valence-electron chi connectivity index (χ1n) is 6.37. The van der Waals surface area contributed by atoms with Crippen molar-refractivity contribution < 1.29 is 14.6 Å². The fourth-order valence-electron chi connectivity index (χ4n) is 1.83. The van der Waals surface area contributed by atoms with Gasteiger partial charge >= 0.3 is 5.97 Å². The average molecular weight is 268 g/mol. The molecule has 20 heavy (non-hydrogen) atoms. The summed E-state index contributed by atoms with van der Waals surface area (Å²) in [6.07, 6.45) is 3.95. The molecule has 2 aromatic carbocycles. The second kappa shape index (κ2) is 6.57. The minimum Gasteiger partial charge on any atom is -0.488 e. The third-order valence-electron chi connectivity index (χ3n) is 2.86. The third kappa shape index (κ3) is 3.48. The van der Waals surface area contributed by atoms with Crippen molar-refractivity contribution >= 4 is 12.0 Å². The van der Waals surface area contributed by atoms with Gasteiger partial charge in [-0.25, -0.2) is 4.79 Å². The van der Waals surface area contributed by atoms with Crippen LogP contribution in [0.1, 0.15) is 28.4 Å². The molecule has 0 aliphatic carbocycles. The average Bonchev–Trinajstić information content (AvgIpc) is 2.47. The topological polar surface area (TPSA) is 46.5 Å². The largest absolute Gasteiger partial charge is 0.488 e. The van der Waals surface area contributed by atoms with Crippen LogP contribution in [-0.4, -0.2) is 11.1 Å². The van der Waals surface area contributed by atoms with Crippen molar-refractivity contribution in [3.63, 3.8) is 0 Å². The second-order valence-electron chi connectivity index (χ2n) is 4.33. The van der Waals surface area contributed by atoms with Crippen LogP contribution in [0.3, 0.4) is 0 Å². The van der Waals surface area contributed by atoms with E-state index in [0.717, 1.165) is 16.9 Å². The number of hydrogen-bond donors (Lipinski definition) is 1. The van der Waals surface area contributed by atoms with E-state index >= 15 is 0 Å². The van der Waals surface area contributed by atoms with Crippen molar-refractivity contribution in [2.24, 2.45) is 0 Å². The molecule has 0 aromatic heterocycles. The summed E-state index contributed by atoms with van der Waals surface area (Å²) in [5.74, 6) is -0.108. The Labute approximate surface area is 118 Å². The summed E-state index contributed by atoms with van der Waals surface area (Å²) >= 11 is 0. The molecule has 0 bridgehead atoms. The molecular weight excluding hydrogens is 252 g/mol. The predicted molar refractivity (Wildman–Crippen MR) is 78.9 cm³/mol. The number of benzene rings is 2. The summed E-state index contributed by atoms with van der Waals surface area (Å²) in [4.78, 5) is 10.8. The number of carbonyl (C=O) groups is 1. The van der Waals surface area contributed by atoms with Crippen LogP contribution in [0.15, 0.2) is 54.6 Å². The van der Waals surface area contributed by atoms with E-state index in [4.69, 9.17) is 9.84 Å². The number of carboxylic acids is 1. The molecule has 0 amide bonds. The fraction of sp³-hybridized carbons (Fsp3) is 0.118. The minimum atomic E-state index is -0.920. The molecule has 0 aliphatic rings. The molecule has 0 heterocycles. The molecule has 2 aromatic rings. The Morgan fingerprint density at radius 3 is 2.50 bits per heavy atom. The minimum absolute atomic E-state index is 0.281. The van der Waals surface area contributed by atoms with E-state index in [1.165, 1.54) is 0 Å². The number of hydrogen-bond acceptors (Lipinski definition) is 2. The first-order chi connectivity index (χ1) is 9.70. The first kappa shape index (κ1) is 13.9. The molecule has 3 nitrogen and oxygen atoms in total. The Morgan fingerprint density at radius 1 is 1.15 bits per heavy atom. The van der Waals surface area contributed by atoms with Crippen molar-refractivity contribution in [2.45, 2.75) is 13.5 Å². The van der Waals surface area contributed by atoms with Crippen LogP contribution < -0.4 is 4.74 Å². The zero-order chi connectivity index (χ0) is 14.4. The van der Waals surface area contributed by atoms with E-state index < -0.39 is 5.97 Å². The molecular formula is C17H16O3. The van der Waals surface area contributed by atoms with E-state index in [2.05, 4.69) is 0 Å². The van der Waals surface area contributed by atoms with Crippen LogP contribution in [0.2, 0.25) is 0 Å². The van der Waals surface area contributed by atoms with Crippen LogP contribution in [0.5, 0.6) is 5.75 Å². The van der Waals surface area contributed by atoms with E-state index in [1.807, 2.05) is 43.3 Å². The number of ether oxygens (including phenoxy) is 1. The number of aromatic carboxylic acids is 1. The highest BCUT2D eigenvalue weighted by Crippen LogP contribution is 2.20. The van der Waals surface area contributed by atoms with Gasteiger partial charge in [0, 0.05) is 5.56 Å². The summed E-state index contributed by atoms with van der Waals surface area (Å²) in [6.45, 7) is 2.37. The van der Waals surface area contributed by atoms with Crippen LogP contribution in [0, 0.1) is 0 Å². The monoisotopic (exact) mass is 268 g/mol. The first-order valence-corrected chi connectivity index (χ1v) is 6.37. The van der Waals surface area contributed by atoms with Crippen LogP contribution in [-0.2, 0) is 6.61 Å². The second-order valence-corrected chi connectivity index (χ2v) is 4.33. The Hall–Kier alpha value is -2.55. The summed E-state index contributed by atoms with van der Waals surface area (Å²) in [7, 11) is 0. The molecule has 102 valence electrons. The Morgan fingerprint density at radius 2 is 1.85 bits per heavy atom. The third-order valence-corrected chi connectivity index (χ3v) is 2.86. The van der Waals surface area contributed by atoms with E-state index in [1.54, 1.807) is 24.3 Å².